The van der Waals surface area contributed by atoms with Crippen LogP contribution in [-0.4, -0.2) is 15.7 Å². The van der Waals surface area contributed by atoms with Crippen molar-refractivity contribution < 1.29 is 4.79 Å². The van der Waals surface area contributed by atoms with Crippen LogP contribution in [0.1, 0.15) is 29.9 Å². The van der Waals surface area contributed by atoms with Gasteiger partial charge >= 0.3 is 0 Å². The summed E-state index contributed by atoms with van der Waals surface area (Å²) < 4.78 is 1.64. The van der Waals surface area contributed by atoms with Gasteiger partial charge in [0.05, 0.1) is 21.3 Å². The molecule has 0 unspecified atom stereocenters. The molecule has 7 heteroatoms. The number of aromatic nitrogens is 2. The van der Waals surface area contributed by atoms with Crippen molar-refractivity contribution in [3.8, 4) is 0 Å². The number of hydrogen-bond acceptors (Lipinski definition) is 2. The van der Waals surface area contributed by atoms with E-state index in [2.05, 4.69) is 24.3 Å². The van der Waals surface area contributed by atoms with E-state index in [0.717, 1.165) is 0 Å². The van der Waals surface area contributed by atoms with Gasteiger partial charge in [-0.25, -0.2) is 0 Å². The number of rotatable bonds is 4. The highest BCUT2D eigenvalue weighted by Crippen LogP contribution is 2.26. The SMILES string of the molecule is Cc1nn(CC(C)C)c(Cl)c1C(=O)Nc1ccc(Cl)c(Cl)c1. The minimum Gasteiger partial charge on any atom is -0.322 e. The molecule has 1 aromatic carbocycles. The van der Waals surface area contributed by atoms with Gasteiger partial charge in [0.15, 0.2) is 0 Å². The van der Waals surface area contributed by atoms with E-state index in [-0.39, 0.29) is 5.91 Å². The number of halogens is 3. The van der Waals surface area contributed by atoms with Crippen LogP contribution in [0.25, 0.3) is 0 Å². The highest BCUT2D eigenvalue weighted by atomic mass is 35.5. The number of amides is 1. The van der Waals surface area contributed by atoms with Crippen LogP contribution in [0.15, 0.2) is 18.2 Å². The van der Waals surface area contributed by atoms with Crippen molar-refractivity contribution in [2.24, 2.45) is 5.92 Å². The van der Waals surface area contributed by atoms with Crippen LogP contribution in [0.3, 0.4) is 0 Å². The molecule has 22 heavy (non-hydrogen) atoms. The fourth-order valence-electron chi connectivity index (χ4n) is 2.05. The van der Waals surface area contributed by atoms with Gasteiger partial charge in [-0.1, -0.05) is 48.7 Å². The summed E-state index contributed by atoms with van der Waals surface area (Å²) in [6, 6.07) is 4.88. The largest absolute Gasteiger partial charge is 0.322 e. The predicted molar refractivity (Wildman–Crippen MR) is 91.2 cm³/mol. The van der Waals surface area contributed by atoms with Gasteiger partial charge in [0.1, 0.15) is 5.15 Å². The summed E-state index contributed by atoms with van der Waals surface area (Å²) in [5.41, 5.74) is 1.50. The number of carbonyl (C=O) groups is 1. The number of aryl methyl sites for hydroxylation is 1. The Labute approximate surface area is 144 Å². The Hall–Kier alpha value is -1.23. The predicted octanol–water partition coefficient (Wildman–Crippen LogP) is 5.06. The third kappa shape index (κ3) is 3.75. The highest BCUT2D eigenvalue weighted by Gasteiger charge is 2.21. The Bertz CT molecular complexity index is 710. The van der Waals surface area contributed by atoms with Crippen LogP contribution in [-0.2, 0) is 6.54 Å². The molecule has 4 nitrogen and oxygen atoms in total. The molecular weight excluding hydrogens is 345 g/mol. The number of benzene rings is 1. The maximum Gasteiger partial charge on any atom is 0.260 e. The van der Waals surface area contributed by atoms with Crippen LogP contribution >= 0.6 is 34.8 Å². The second-order valence-corrected chi connectivity index (χ2v) is 6.58. The van der Waals surface area contributed by atoms with E-state index in [1.54, 1.807) is 29.8 Å². The van der Waals surface area contributed by atoms with E-state index < -0.39 is 0 Å². The first-order chi connectivity index (χ1) is 10.3. The summed E-state index contributed by atoms with van der Waals surface area (Å²) in [6.45, 7) is 6.53. The molecular formula is C15H16Cl3N3O. The Kier molecular flexibility index (Phi) is 5.37. The fraction of sp³-hybridized carbons (Fsp3) is 0.333. The van der Waals surface area contributed by atoms with Crippen molar-refractivity contribution in [2.75, 3.05) is 5.32 Å². The first-order valence-corrected chi connectivity index (χ1v) is 7.92. The average molecular weight is 361 g/mol. The second-order valence-electron chi connectivity index (χ2n) is 5.41. The van der Waals surface area contributed by atoms with Crippen LogP contribution in [0, 0.1) is 12.8 Å². The normalized spacial score (nSPS) is 11.0. The minimum atomic E-state index is -0.323. The maximum atomic E-state index is 12.4. The summed E-state index contributed by atoms with van der Waals surface area (Å²) >= 11 is 18.1. The van der Waals surface area contributed by atoms with Gasteiger partial charge in [-0.3, -0.25) is 9.48 Å². The second kappa shape index (κ2) is 6.90. The first-order valence-electron chi connectivity index (χ1n) is 6.79. The standard InChI is InChI=1S/C15H16Cl3N3O/c1-8(2)7-21-14(18)13(9(3)20-21)15(22)19-10-4-5-11(16)12(17)6-10/h4-6,8H,7H2,1-3H3,(H,19,22). The molecule has 0 aliphatic rings. The van der Waals surface area contributed by atoms with E-state index in [1.807, 2.05) is 0 Å². The van der Waals surface area contributed by atoms with Crippen molar-refractivity contribution in [1.29, 1.82) is 0 Å². The molecule has 0 spiro atoms. The third-order valence-corrected chi connectivity index (χ3v) is 4.13. The quantitative estimate of drug-likeness (QED) is 0.828. The summed E-state index contributed by atoms with van der Waals surface area (Å²) in [6.07, 6.45) is 0. The van der Waals surface area contributed by atoms with Crippen LogP contribution in [0.2, 0.25) is 15.2 Å². The topological polar surface area (TPSA) is 46.9 Å². The van der Waals surface area contributed by atoms with Crippen LogP contribution in [0.5, 0.6) is 0 Å². The Balaban J connectivity index is 2.26. The van der Waals surface area contributed by atoms with Crippen molar-refractivity contribution in [3.05, 3.63) is 44.7 Å². The van der Waals surface area contributed by atoms with E-state index in [0.29, 0.717) is 44.6 Å². The van der Waals surface area contributed by atoms with Gasteiger partial charge in [0, 0.05) is 12.2 Å². The number of hydrogen-bond donors (Lipinski definition) is 1. The Morgan fingerprint density at radius 3 is 2.55 bits per heavy atom. The van der Waals surface area contributed by atoms with Gasteiger partial charge in [-0.2, -0.15) is 5.10 Å². The third-order valence-electron chi connectivity index (χ3n) is 3.01. The van der Waals surface area contributed by atoms with Gasteiger partial charge in [0.2, 0.25) is 0 Å². The molecule has 0 bridgehead atoms. The minimum absolute atomic E-state index is 0.323. The van der Waals surface area contributed by atoms with Gasteiger partial charge < -0.3 is 5.32 Å². The molecule has 1 amide bonds. The molecule has 0 saturated heterocycles. The van der Waals surface area contributed by atoms with Crippen molar-refractivity contribution in [1.82, 2.24) is 9.78 Å². The average Bonchev–Trinajstić information content (AvgIpc) is 2.68. The first kappa shape index (κ1) is 17.1. The molecule has 0 atom stereocenters. The molecule has 118 valence electrons. The molecule has 1 heterocycles. The zero-order chi connectivity index (χ0) is 16.4. The Morgan fingerprint density at radius 2 is 1.95 bits per heavy atom. The maximum absolute atomic E-state index is 12.4. The zero-order valence-corrected chi connectivity index (χ0v) is 14.7. The molecule has 0 aliphatic carbocycles. The van der Waals surface area contributed by atoms with Gasteiger partial charge in [0.25, 0.3) is 5.91 Å². The van der Waals surface area contributed by atoms with Crippen molar-refractivity contribution in [2.45, 2.75) is 27.3 Å². The van der Waals surface area contributed by atoms with Gasteiger partial charge in [-0.15, -0.1) is 0 Å². The molecule has 2 aromatic rings. The number of anilines is 1. The summed E-state index contributed by atoms with van der Waals surface area (Å²) in [7, 11) is 0. The van der Waals surface area contributed by atoms with Gasteiger partial charge in [-0.05, 0) is 31.0 Å². The van der Waals surface area contributed by atoms with Crippen molar-refractivity contribution >= 4 is 46.4 Å². The zero-order valence-electron chi connectivity index (χ0n) is 12.5. The van der Waals surface area contributed by atoms with Crippen molar-refractivity contribution in [3.63, 3.8) is 0 Å². The summed E-state index contributed by atoms with van der Waals surface area (Å²) in [4.78, 5) is 12.4. The molecule has 2 rings (SSSR count). The lowest BCUT2D eigenvalue weighted by Crippen LogP contribution is -2.13. The lowest BCUT2D eigenvalue weighted by molar-refractivity contribution is 0.102. The smallest absolute Gasteiger partial charge is 0.260 e. The molecule has 1 N–H and O–H groups in total. The monoisotopic (exact) mass is 359 g/mol. The number of nitrogens with one attached hydrogen (secondary N) is 1. The number of carbonyl (C=O) groups excluding carboxylic acids is 1. The molecule has 0 aliphatic heterocycles. The molecule has 0 fully saturated rings. The van der Waals surface area contributed by atoms with E-state index in [9.17, 15) is 4.79 Å². The Morgan fingerprint density at radius 1 is 1.27 bits per heavy atom. The van der Waals surface area contributed by atoms with Crippen LogP contribution < -0.4 is 5.32 Å². The number of nitrogens with zero attached hydrogens (tertiary/aromatic N) is 2. The summed E-state index contributed by atoms with van der Waals surface area (Å²) in [5.74, 6) is 0.0543. The molecule has 0 saturated carbocycles. The summed E-state index contributed by atoms with van der Waals surface area (Å²) in [5, 5.41) is 8.22. The highest BCUT2D eigenvalue weighted by molar-refractivity contribution is 6.42. The molecule has 1 aromatic heterocycles. The van der Waals surface area contributed by atoms with Crippen LogP contribution in [0.4, 0.5) is 5.69 Å². The fourth-order valence-corrected chi connectivity index (χ4v) is 2.67. The molecule has 0 radical (unpaired) electrons. The van der Waals surface area contributed by atoms with E-state index >= 15 is 0 Å². The lowest BCUT2D eigenvalue weighted by atomic mass is 10.2. The van der Waals surface area contributed by atoms with E-state index in [1.165, 1.54) is 0 Å². The lowest BCUT2D eigenvalue weighted by Gasteiger charge is -2.07. The van der Waals surface area contributed by atoms with E-state index in [4.69, 9.17) is 34.8 Å².